The molecule has 1 spiro atoms. The molecule has 6 heterocycles. The first-order chi connectivity index (χ1) is 22.6. The number of nitrogens with zero attached hydrogens (tertiary/aromatic N) is 4. The quantitative estimate of drug-likeness (QED) is 0.303. The lowest BCUT2D eigenvalue weighted by Gasteiger charge is -2.58. The Labute approximate surface area is 274 Å². The minimum atomic E-state index is -0.932. The van der Waals surface area contributed by atoms with E-state index in [9.17, 15) is 5.11 Å². The number of ether oxygens (including phenoxy) is 1. The summed E-state index contributed by atoms with van der Waals surface area (Å²) in [6.45, 7) is 10.2. The summed E-state index contributed by atoms with van der Waals surface area (Å²) < 4.78 is 8.64. The van der Waals surface area contributed by atoms with E-state index in [1.54, 1.807) is 0 Å². The molecule has 8 rings (SSSR count). The molecule has 5 aliphatic rings. The molecule has 2 fully saturated rings. The summed E-state index contributed by atoms with van der Waals surface area (Å²) in [5.41, 5.74) is 3.75. The zero-order valence-corrected chi connectivity index (χ0v) is 28.0. The molecule has 2 aromatic heterocycles. The standard InChI is InChI=1S/C40H52N4O2/c1-3-43-36-30(17-15-18-34(36)46-4-2)31-19-22-41-35(37(31)43)32-27-40(45)21-12-8-5-6-9-13-23-42-25-20-33(32)39(28-42)26-29-16-11-7-10-14-24-44(29)38(39)40/h5,8,11,15-19,22,27,29,33,38,45H,3-4,6-7,9-10,12-14,20-21,23-26,28H2,1-2H3/b8-5-,16-11-/t29-,33-,38+,39-,40-/m0/s1. The molecule has 244 valence electrons. The van der Waals surface area contributed by atoms with Crippen LogP contribution in [0.5, 0.6) is 5.75 Å². The van der Waals surface area contributed by atoms with Crippen LogP contribution in [0.1, 0.15) is 83.7 Å². The SMILES string of the molecule is CCOc1cccc2c3ccnc(C4=C[C@@]5(O)CC/C=C\CCCCN6CC[C@@H]4[C@]4(C[C@@H]7/C=C\CCCCN7[C@H]45)C6)c3n(CC)c12. The molecule has 0 radical (unpaired) electrons. The van der Waals surface area contributed by atoms with Crippen LogP contribution in [0.3, 0.4) is 0 Å². The highest BCUT2D eigenvalue weighted by molar-refractivity contribution is 6.12. The molecule has 2 saturated heterocycles. The fourth-order valence-electron chi connectivity index (χ4n) is 10.5. The summed E-state index contributed by atoms with van der Waals surface area (Å²) in [4.78, 5) is 10.8. The van der Waals surface area contributed by atoms with E-state index in [2.05, 4.69) is 82.9 Å². The Hall–Kier alpha value is -2.93. The first kappa shape index (κ1) is 30.4. The van der Waals surface area contributed by atoms with Gasteiger partial charge in [0.15, 0.2) is 0 Å². The lowest BCUT2D eigenvalue weighted by atomic mass is 9.54. The van der Waals surface area contributed by atoms with Crippen molar-refractivity contribution in [3.05, 3.63) is 66.5 Å². The van der Waals surface area contributed by atoms with Gasteiger partial charge in [0.25, 0.3) is 0 Å². The molecule has 6 nitrogen and oxygen atoms in total. The van der Waals surface area contributed by atoms with Crippen LogP contribution in [0, 0.1) is 11.3 Å². The van der Waals surface area contributed by atoms with Crippen molar-refractivity contribution in [3.8, 4) is 5.75 Å². The Balaban J connectivity index is 1.37. The molecule has 1 aliphatic carbocycles. The maximum absolute atomic E-state index is 13.3. The van der Waals surface area contributed by atoms with Crippen LogP contribution in [-0.2, 0) is 6.54 Å². The number of aromatic nitrogens is 2. The Morgan fingerprint density at radius 2 is 1.76 bits per heavy atom. The molecule has 3 bridgehead atoms. The largest absolute Gasteiger partial charge is 0.492 e. The summed E-state index contributed by atoms with van der Waals surface area (Å²) >= 11 is 0. The number of para-hydroxylation sites is 1. The van der Waals surface area contributed by atoms with Crippen molar-refractivity contribution >= 4 is 27.4 Å². The molecule has 4 aliphatic heterocycles. The third-order valence-electron chi connectivity index (χ3n) is 12.1. The van der Waals surface area contributed by atoms with Crippen molar-refractivity contribution in [2.24, 2.45) is 11.3 Å². The minimum absolute atomic E-state index is 0.0302. The Morgan fingerprint density at radius 3 is 2.63 bits per heavy atom. The van der Waals surface area contributed by atoms with E-state index in [1.807, 2.05) is 6.20 Å². The molecule has 46 heavy (non-hydrogen) atoms. The van der Waals surface area contributed by atoms with Gasteiger partial charge in [0.1, 0.15) is 5.75 Å². The van der Waals surface area contributed by atoms with Gasteiger partial charge in [-0.3, -0.25) is 9.88 Å². The third-order valence-corrected chi connectivity index (χ3v) is 12.1. The van der Waals surface area contributed by atoms with Crippen molar-refractivity contribution in [1.29, 1.82) is 0 Å². The third kappa shape index (κ3) is 4.81. The van der Waals surface area contributed by atoms with Crippen molar-refractivity contribution < 1.29 is 9.84 Å². The highest BCUT2D eigenvalue weighted by atomic mass is 16.5. The first-order valence-electron chi connectivity index (χ1n) is 18.4. The van der Waals surface area contributed by atoms with E-state index in [4.69, 9.17) is 9.72 Å². The normalized spacial score (nSPS) is 34.8. The molecule has 3 aromatic rings. The lowest BCUT2D eigenvalue weighted by molar-refractivity contribution is -0.0894. The zero-order valence-electron chi connectivity index (χ0n) is 28.0. The molecule has 1 aromatic carbocycles. The van der Waals surface area contributed by atoms with E-state index < -0.39 is 5.60 Å². The van der Waals surface area contributed by atoms with Crippen molar-refractivity contribution in [1.82, 2.24) is 19.4 Å². The number of piperidine rings is 1. The molecular formula is C40H52N4O2. The first-order valence-corrected chi connectivity index (χ1v) is 18.4. The molecule has 1 unspecified atom stereocenters. The number of pyridine rings is 1. The molecule has 6 atom stereocenters. The minimum Gasteiger partial charge on any atom is -0.492 e. The number of hydrogen-bond donors (Lipinski definition) is 1. The lowest BCUT2D eigenvalue weighted by Crippen LogP contribution is -2.65. The van der Waals surface area contributed by atoms with Crippen molar-refractivity contribution in [2.45, 2.75) is 102 Å². The highest BCUT2D eigenvalue weighted by Crippen LogP contribution is 2.62. The average molecular weight is 621 g/mol. The Kier molecular flexibility index (Phi) is 8.11. The van der Waals surface area contributed by atoms with Gasteiger partial charge in [-0.05, 0) is 127 Å². The van der Waals surface area contributed by atoms with E-state index in [0.717, 1.165) is 81.8 Å². The van der Waals surface area contributed by atoms with Gasteiger partial charge in [0.2, 0.25) is 0 Å². The van der Waals surface area contributed by atoms with Gasteiger partial charge in [-0.25, -0.2) is 0 Å². The number of fused-ring (bicyclic) bond motifs is 5. The summed E-state index contributed by atoms with van der Waals surface area (Å²) in [7, 11) is 0. The predicted molar refractivity (Wildman–Crippen MR) is 188 cm³/mol. The number of aryl methyl sites for hydroxylation is 1. The highest BCUT2D eigenvalue weighted by Gasteiger charge is 2.65. The number of hydrogen-bond acceptors (Lipinski definition) is 5. The molecular weight excluding hydrogens is 568 g/mol. The topological polar surface area (TPSA) is 53.8 Å². The van der Waals surface area contributed by atoms with Gasteiger partial charge in [-0.1, -0.05) is 36.4 Å². The van der Waals surface area contributed by atoms with Crippen LogP contribution in [0.15, 0.2) is 60.8 Å². The van der Waals surface area contributed by atoms with Crippen LogP contribution in [-0.4, -0.2) is 74.9 Å². The Bertz CT molecular complexity index is 1690. The molecule has 0 saturated carbocycles. The van der Waals surface area contributed by atoms with Gasteiger partial charge in [-0.15, -0.1) is 0 Å². The van der Waals surface area contributed by atoms with E-state index >= 15 is 0 Å². The van der Waals surface area contributed by atoms with Crippen LogP contribution in [0.2, 0.25) is 0 Å². The van der Waals surface area contributed by atoms with Gasteiger partial charge in [0, 0.05) is 41.5 Å². The van der Waals surface area contributed by atoms with E-state index in [1.165, 1.54) is 54.0 Å². The number of aliphatic hydroxyl groups is 1. The summed E-state index contributed by atoms with van der Waals surface area (Å²) in [6, 6.07) is 9.14. The van der Waals surface area contributed by atoms with Crippen molar-refractivity contribution in [2.75, 3.05) is 32.8 Å². The second kappa shape index (κ2) is 12.3. The Morgan fingerprint density at radius 1 is 0.935 bits per heavy atom. The molecule has 1 N–H and O–H groups in total. The zero-order chi connectivity index (χ0) is 31.3. The second-order valence-electron chi connectivity index (χ2n) is 14.7. The van der Waals surface area contributed by atoms with Gasteiger partial charge < -0.3 is 19.3 Å². The maximum atomic E-state index is 13.3. The van der Waals surface area contributed by atoms with E-state index in [0.29, 0.717) is 18.6 Å². The maximum Gasteiger partial charge on any atom is 0.143 e. The van der Waals surface area contributed by atoms with Gasteiger partial charge in [0.05, 0.1) is 35.0 Å². The van der Waals surface area contributed by atoms with Crippen LogP contribution < -0.4 is 4.74 Å². The number of allylic oxidation sites excluding steroid dienone is 4. The average Bonchev–Trinajstić information content (AvgIpc) is 3.54. The second-order valence-corrected chi connectivity index (χ2v) is 14.7. The van der Waals surface area contributed by atoms with Gasteiger partial charge in [-0.2, -0.15) is 0 Å². The number of benzene rings is 1. The molecule has 0 amide bonds. The molecule has 6 heteroatoms. The monoisotopic (exact) mass is 620 g/mol. The number of rotatable bonds is 4. The summed E-state index contributed by atoms with van der Waals surface area (Å²) in [5, 5.41) is 15.7. The van der Waals surface area contributed by atoms with Gasteiger partial charge >= 0.3 is 0 Å². The van der Waals surface area contributed by atoms with E-state index in [-0.39, 0.29) is 11.5 Å². The summed E-state index contributed by atoms with van der Waals surface area (Å²) in [5.74, 6) is 1.29. The predicted octanol–water partition coefficient (Wildman–Crippen LogP) is 7.75. The van der Waals surface area contributed by atoms with Crippen LogP contribution >= 0.6 is 0 Å². The van der Waals surface area contributed by atoms with Crippen LogP contribution in [0.25, 0.3) is 27.4 Å². The van der Waals surface area contributed by atoms with Crippen LogP contribution in [0.4, 0.5) is 0 Å². The fourth-order valence-corrected chi connectivity index (χ4v) is 10.5. The van der Waals surface area contributed by atoms with Crippen molar-refractivity contribution in [3.63, 3.8) is 0 Å². The fraction of sp³-hybridized carbons (Fsp3) is 0.575. The summed E-state index contributed by atoms with van der Waals surface area (Å²) in [6.07, 6.45) is 25.1. The smallest absolute Gasteiger partial charge is 0.143 e.